The molecular weight excluding hydrogens is 362 g/mol. The smallest absolute Gasteiger partial charge is 0.406 e. The largest absolute Gasteiger partial charge is 0.573 e. The van der Waals surface area contributed by atoms with Crippen molar-refractivity contribution in [3.05, 3.63) is 53.3 Å². The fourth-order valence-corrected chi connectivity index (χ4v) is 2.91. The van der Waals surface area contributed by atoms with Gasteiger partial charge in [-0.2, -0.15) is 0 Å². The van der Waals surface area contributed by atoms with Crippen molar-refractivity contribution in [3.8, 4) is 5.75 Å². The van der Waals surface area contributed by atoms with E-state index >= 15 is 0 Å². The molecule has 0 aromatic heterocycles. The van der Waals surface area contributed by atoms with Gasteiger partial charge in [-0.25, -0.2) is 12.8 Å². The topological polar surface area (TPSA) is 55.4 Å². The van der Waals surface area contributed by atoms with Gasteiger partial charge in [0.15, 0.2) is 0 Å². The number of anilines is 1. The third kappa shape index (κ3) is 4.73. The summed E-state index contributed by atoms with van der Waals surface area (Å²) in [7, 11) is -4.26. The summed E-state index contributed by atoms with van der Waals surface area (Å²) in [5.41, 5.74) is -0.0612. The number of ether oxygens (including phenoxy) is 1. The second-order valence-electron chi connectivity index (χ2n) is 4.25. The summed E-state index contributed by atoms with van der Waals surface area (Å²) in [6, 6.07) is 6.93. The highest BCUT2D eigenvalue weighted by atomic mass is 35.5. The van der Waals surface area contributed by atoms with Crippen molar-refractivity contribution in [2.75, 3.05) is 4.72 Å². The zero-order valence-corrected chi connectivity index (χ0v) is 12.6. The van der Waals surface area contributed by atoms with E-state index in [1.165, 1.54) is 6.07 Å². The van der Waals surface area contributed by atoms with Crippen molar-refractivity contribution in [1.29, 1.82) is 0 Å². The van der Waals surface area contributed by atoms with Gasteiger partial charge in [0.2, 0.25) is 0 Å². The van der Waals surface area contributed by atoms with Gasteiger partial charge in [-0.05, 0) is 42.5 Å². The van der Waals surface area contributed by atoms with E-state index in [0.717, 1.165) is 36.4 Å². The SMILES string of the molecule is O=S(=O)(Nc1ccc(OC(F)(F)F)cc1)c1ccc(Cl)cc1F. The van der Waals surface area contributed by atoms with Gasteiger partial charge in [0, 0.05) is 10.7 Å². The predicted molar refractivity (Wildman–Crippen MR) is 75.3 cm³/mol. The monoisotopic (exact) mass is 369 g/mol. The molecule has 0 aliphatic heterocycles. The van der Waals surface area contributed by atoms with Crippen LogP contribution in [0.3, 0.4) is 0 Å². The Kier molecular flexibility index (Phi) is 4.71. The van der Waals surface area contributed by atoms with E-state index < -0.39 is 32.8 Å². The lowest BCUT2D eigenvalue weighted by molar-refractivity contribution is -0.274. The molecule has 0 bridgehead atoms. The molecule has 0 atom stereocenters. The minimum Gasteiger partial charge on any atom is -0.406 e. The van der Waals surface area contributed by atoms with E-state index in [2.05, 4.69) is 4.74 Å². The number of halogens is 5. The van der Waals surface area contributed by atoms with Crippen LogP contribution in [0.5, 0.6) is 5.75 Å². The van der Waals surface area contributed by atoms with E-state index in [0.29, 0.717) is 0 Å². The Balaban J connectivity index is 2.21. The number of hydrogen-bond acceptors (Lipinski definition) is 3. The van der Waals surface area contributed by atoms with E-state index in [9.17, 15) is 26.0 Å². The summed E-state index contributed by atoms with van der Waals surface area (Å²) in [6.07, 6.45) is -4.85. The Labute approximate surface area is 133 Å². The summed E-state index contributed by atoms with van der Waals surface area (Å²) in [5, 5.41) is 0.0232. The number of nitrogens with one attached hydrogen (secondary N) is 1. The standard InChI is InChI=1S/C13H8ClF4NO3S/c14-8-1-6-12(11(15)7-8)23(20,21)19-9-2-4-10(5-3-9)22-13(16,17)18/h1-7,19H. The Morgan fingerprint density at radius 1 is 1.04 bits per heavy atom. The van der Waals surface area contributed by atoms with Crippen LogP contribution in [0.25, 0.3) is 0 Å². The average Bonchev–Trinajstić information content (AvgIpc) is 2.38. The molecule has 0 unspecified atom stereocenters. The molecule has 23 heavy (non-hydrogen) atoms. The Morgan fingerprint density at radius 2 is 1.65 bits per heavy atom. The third-order valence-electron chi connectivity index (χ3n) is 2.52. The van der Waals surface area contributed by atoms with Crippen molar-refractivity contribution in [3.63, 3.8) is 0 Å². The first kappa shape index (κ1) is 17.4. The van der Waals surface area contributed by atoms with Crippen LogP contribution in [-0.2, 0) is 10.0 Å². The molecule has 1 N–H and O–H groups in total. The van der Waals surface area contributed by atoms with Gasteiger partial charge in [-0.3, -0.25) is 4.72 Å². The molecule has 124 valence electrons. The normalized spacial score (nSPS) is 12.0. The quantitative estimate of drug-likeness (QED) is 0.823. The van der Waals surface area contributed by atoms with E-state index in [1.807, 2.05) is 4.72 Å². The predicted octanol–water partition coefficient (Wildman–Crippen LogP) is 4.18. The molecule has 4 nitrogen and oxygen atoms in total. The first-order valence-corrected chi connectivity index (χ1v) is 7.77. The van der Waals surface area contributed by atoms with Crippen LogP contribution < -0.4 is 9.46 Å². The second kappa shape index (κ2) is 6.25. The molecule has 0 spiro atoms. The maximum absolute atomic E-state index is 13.7. The third-order valence-corrected chi connectivity index (χ3v) is 4.17. The zero-order valence-electron chi connectivity index (χ0n) is 11.1. The first-order valence-electron chi connectivity index (χ1n) is 5.90. The fourth-order valence-electron chi connectivity index (χ4n) is 1.63. The van der Waals surface area contributed by atoms with Gasteiger partial charge >= 0.3 is 6.36 Å². The molecule has 2 rings (SSSR count). The molecule has 0 aliphatic rings. The Bertz CT molecular complexity index is 807. The van der Waals surface area contributed by atoms with E-state index in [1.54, 1.807) is 0 Å². The lowest BCUT2D eigenvalue weighted by Crippen LogP contribution is -2.17. The molecule has 0 heterocycles. The lowest BCUT2D eigenvalue weighted by Gasteiger charge is -2.11. The Morgan fingerprint density at radius 3 is 2.17 bits per heavy atom. The molecule has 0 saturated heterocycles. The Hall–Kier alpha value is -2.00. The summed E-state index contributed by atoms with van der Waals surface area (Å²) >= 11 is 5.54. The number of sulfonamides is 1. The summed E-state index contributed by atoms with van der Waals surface area (Å²) < 4.78 is 79.5. The summed E-state index contributed by atoms with van der Waals surface area (Å²) in [4.78, 5) is -0.641. The van der Waals surface area contributed by atoms with Crippen molar-refractivity contribution in [2.45, 2.75) is 11.3 Å². The van der Waals surface area contributed by atoms with Crippen LogP contribution in [0.1, 0.15) is 0 Å². The number of hydrogen-bond donors (Lipinski definition) is 1. The minimum absolute atomic E-state index is 0.0232. The summed E-state index contributed by atoms with van der Waals surface area (Å²) in [6.45, 7) is 0. The number of alkyl halides is 3. The van der Waals surface area contributed by atoms with Gasteiger partial charge in [0.1, 0.15) is 16.5 Å². The molecule has 2 aromatic rings. The van der Waals surface area contributed by atoms with E-state index in [-0.39, 0.29) is 10.7 Å². The molecule has 0 amide bonds. The van der Waals surface area contributed by atoms with Gasteiger partial charge in [-0.1, -0.05) is 11.6 Å². The molecule has 2 aromatic carbocycles. The lowest BCUT2D eigenvalue weighted by atomic mass is 10.3. The number of benzene rings is 2. The van der Waals surface area contributed by atoms with Gasteiger partial charge in [0.05, 0.1) is 0 Å². The van der Waals surface area contributed by atoms with Gasteiger partial charge in [-0.15, -0.1) is 13.2 Å². The van der Waals surface area contributed by atoms with Crippen LogP contribution in [0.15, 0.2) is 47.4 Å². The second-order valence-corrected chi connectivity index (χ2v) is 6.34. The molecule has 0 aliphatic carbocycles. The van der Waals surface area contributed by atoms with Crippen molar-refractivity contribution >= 4 is 27.3 Å². The van der Waals surface area contributed by atoms with Crippen molar-refractivity contribution in [2.24, 2.45) is 0 Å². The van der Waals surface area contributed by atoms with Crippen LogP contribution in [0, 0.1) is 5.82 Å². The molecule has 0 fully saturated rings. The van der Waals surface area contributed by atoms with Gasteiger partial charge < -0.3 is 4.74 Å². The number of rotatable bonds is 4. The fraction of sp³-hybridized carbons (Fsp3) is 0.0769. The average molecular weight is 370 g/mol. The molecule has 10 heteroatoms. The van der Waals surface area contributed by atoms with Crippen LogP contribution in [-0.4, -0.2) is 14.8 Å². The first-order chi connectivity index (χ1) is 10.6. The minimum atomic E-state index is -4.85. The van der Waals surface area contributed by atoms with E-state index in [4.69, 9.17) is 11.6 Å². The molecule has 0 saturated carbocycles. The molecular formula is C13H8ClF4NO3S. The van der Waals surface area contributed by atoms with Gasteiger partial charge in [0.25, 0.3) is 10.0 Å². The highest BCUT2D eigenvalue weighted by molar-refractivity contribution is 7.92. The highest BCUT2D eigenvalue weighted by Crippen LogP contribution is 2.26. The molecule has 0 radical (unpaired) electrons. The maximum atomic E-state index is 13.7. The highest BCUT2D eigenvalue weighted by Gasteiger charge is 2.31. The van der Waals surface area contributed by atoms with Crippen LogP contribution in [0.4, 0.5) is 23.2 Å². The zero-order chi connectivity index (χ0) is 17.3. The maximum Gasteiger partial charge on any atom is 0.573 e. The van der Waals surface area contributed by atoms with Crippen molar-refractivity contribution < 1.29 is 30.7 Å². The van der Waals surface area contributed by atoms with Crippen LogP contribution >= 0.6 is 11.6 Å². The van der Waals surface area contributed by atoms with Crippen molar-refractivity contribution in [1.82, 2.24) is 0 Å². The van der Waals surface area contributed by atoms with Crippen LogP contribution in [0.2, 0.25) is 5.02 Å². The summed E-state index contributed by atoms with van der Waals surface area (Å²) in [5.74, 6) is -1.57.